The molecule has 2 aromatic heterocycles. The Bertz CT molecular complexity index is 1190. The maximum Gasteiger partial charge on any atom is 0.251 e. The highest BCUT2D eigenvalue weighted by atomic mass is 35.5. The predicted octanol–water partition coefficient (Wildman–Crippen LogP) is 4.67. The standard InChI is InChI=1S/C21H17Cl2N5O/c1-24-21(29)14-4-2-13(3-5-14)18-11-20(28-19(27-18)8-9-26-28)25-12-15-6-7-16(22)10-17(15)23/h2-11,25H,12H2,1H3,(H,24,29). The van der Waals surface area contributed by atoms with Crippen molar-refractivity contribution in [2.24, 2.45) is 0 Å². The molecule has 0 radical (unpaired) electrons. The van der Waals surface area contributed by atoms with E-state index in [1.165, 1.54) is 0 Å². The second-order valence-corrected chi connectivity index (χ2v) is 7.22. The Labute approximate surface area is 177 Å². The number of amides is 1. The highest BCUT2D eigenvalue weighted by Crippen LogP contribution is 2.25. The van der Waals surface area contributed by atoms with Gasteiger partial charge in [0, 0.05) is 46.9 Å². The Balaban J connectivity index is 1.66. The van der Waals surface area contributed by atoms with Crippen LogP contribution in [0.1, 0.15) is 15.9 Å². The van der Waals surface area contributed by atoms with Gasteiger partial charge in [-0.25, -0.2) is 4.98 Å². The van der Waals surface area contributed by atoms with Gasteiger partial charge in [-0.1, -0.05) is 41.4 Å². The van der Waals surface area contributed by atoms with Gasteiger partial charge in [0.2, 0.25) is 0 Å². The van der Waals surface area contributed by atoms with Crippen LogP contribution < -0.4 is 10.6 Å². The van der Waals surface area contributed by atoms with E-state index in [9.17, 15) is 4.79 Å². The van der Waals surface area contributed by atoms with Crippen LogP contribution in [-0.4, -0.2) is 27.6 Å². The lowest BCUT2D eigenvalue weighted by atomic mass is 10.1. The molecular weight excluding hydrogens is 409 g/mol. The van der Waals surface area contributed by atoms with E-state index in [1.807, 2.05) is 30.3 Å². The summed E-state index contributed by atoms with van der Waals surface area (Å²) in [6.07, 6.45) is 1.70. The number of halogens is 2. The lowest BCUT2D eigenvalue weighted by Crippen LogP contribution is -2.17. The maximum atomic E-state index is 11.8. The fraction of sp³-hybridized carbons (Fsp3) is 0.0952. The summed E-state index contributed by atoms with van der Waals surface area (Å²) in [4.78, 5) is 16.4. The number of benzene rings is 2. The lowest BCUT2D eigenvalue weighted by Gasteiger charge is -2.12. The SMILES string of the molecule is CNC(=O)c1ccc(-c2cc(NCc3ccc(Cl)cc3Cl)n3nccc3n2)cc1. The summed E-state index contributed by atoms with van der Waals surface area (Å²) in [6.45, 7) is 0.504. The van der Waals surface area contributed by atoms with Crippen LogP contribution in [0.3, 0.4) is 0 Å². The zero-order chi connectivity index (χ0) is 20.4. The van der Waals surface area contributed by atoms with Gasteiger partial charge in [0.1, 0.15) is 5.82 Å². The molecule has 0 unspecified atom stereocenters. The fourth-order valence-electron chi connectivity index (χ4n) is 2.97. The lowest BCUT2D eigenvalue weighted by molar-refractivity contribution is 0.0963. The van der Waals surface area contributed by atoms with Gasteiger partial charge in [-0.05, 0) is 29.8 Å². The minimum Gasteiger partial charge on any atom is -0.366 e. The summed E-state index contributed by atoms with van der Waals surface area (Å²) in [5.74, 6) is 0.648. The number of nitrogens with zero attached hydrogens (tertiary/aromatic N) is 3. The molecule has 4 rings (SSSR count). The van der Waals surface area contributed by atoms with Crippen LogP contribution in [0, 0.1) is 0 Å². The number of nitrogens with one attached hydrogen (secondary N) is 2. The van der Waals surface area contributed by atoms with E-state index in [0.29, 0.717) is 27.8 Å². The summed E-state index contributed by atoms with van der Waals surface area (Å²) in [5, 5.41) is 11.5. The Morgan fingerprint density at radius 3 is 2.59 bits per heavy atom. The third-order valence-electron chi connectivity index (χ3n) is 4.50. The molecule has 0 saturated heterocycles. The van der Waals surface area contributed by atoms with Crippen molar-refractivity contribution in [2.75, 3.05) is 12.4 Å². The molecule has 146 valence electrons. The number of hydrogen-bond donors (Lipinski definition) is 2. The van der Waals surface area contributed by atoms with Crippen LogP contribution in [0.15, 0.2) is 60.8 Å². The van der Waals surface area contributed by atoms with Gasteiger partial charge in [0.05, 0.1) is 11.9 Å². The smallest absolute Gasteiger partial charge is 0.251 e. The van der Waals surface area contributed by atoms with E-state index in [1.54, 1.807) is 42.0 Å². The van der Waals surface area contributed by atoms with Crippen LogP contribution in [0.4, 0.5) is 5.82 Å². The Morgan fingerprint density at radius 1 is 1.07 bits per heavy atom. The molecule has 0 bridgehead atoms. The van der Waals surface area contributed by atoms with Gasteiger partial charge in [-0.2, -0.15) is 9.61 Å². The maximum absolute atomic E-state index is 11.8. The van der Waals surface area contributed by atoms with E-state index < -0.39 is 0 Å². The second-order valence-electron chi connectivity index (χ2n) is 6.37. The molecule has 4 aromatic rings. The van der Waals surface area contributed by atoms with Crippen molar-refractivity contribution in [3.8, 4) is 11.3 Å². The van der Waals surface area contributed by atoms with Gasteiger partial charge < -0.3 is 10.6 Å². The van der Waals surface area contributed by atoms with E-state index in [4.69, 9.17) is 23.2 Å². The molecule has 29 heavy (non-hydrogen) atoms. The number of fused-ring (bicyclic) bond motifs is 1. The highest BCUT2D eigenvalue weighted by Gasteiger charge is 2.10. The predicted molar refractivity (Wildman–Crippen MR) is 116 cm³/mol. The van der Waals surface area contributed by atoms with E-state index >= 15 is 0 Å². The molecule has 2 heterocycles. The first-order valence-corrected chi connectivity index (χ1v) is 9.66. The zero-order valence-corrected chi connectivity index (χ0v) is 17.0. The first kappa shape index (κ1) is 19.2. The molecule has 0 fully saturated rings. The first-order chi connectivity index (χ1) is 14.0. The van der Waals surface area contributed by atoms with Crippen LogP contribution >= 0.6 is 23.2 Å². The van der Waals surface area contributed by atoms with E-state index in [2.05, 4.69) is 20.7 Å². The highest BCUT2D eigenvalue weighted by molar-refractivity contribution is 6.35. The van der Waals surface area contributed by atoms with Crippen LogP contribution in [0.5, 0.6) is 0 Å². The van der Waals surface area contributed by atoms with E-state index in [-0.39, 0.29) is 5.91 Å². The molecule has 1 amide bonds. The van der Waals surface area contributed by atoms with Crippen molar-refractivity contribution in [2.45, 2.75) is 6.54 Å². The van der Waals surface area contributed by atoms with Crippen LogP contribution in [0.25, 0.3) is 16.9 Å². The molecule has 0 spiro atoms. The Morgan fingerprint density at radius 2 is 1.86 bits per heavy atom. The molecule has 0 atom stereocenters. The molecule has 6 nitrogen and oxygen atoms in total. The van der Waals surface area contributed by atoms with Crippen molar-refractivity contribution in [3.63, 3.8) is 0 Å². The van der Waals surface area contributed by atoms with Crippen molar-refractivity contribution >= 4 is 40.6 Å². The topological polar surface area (TPSA) is 71.3 Å². The number of carbonyl (C=O) groups excluding carboxylic acids is 1. The van der Waals surface area contributed by atoms with Gasteiger partial charge in [0.25, 0.3) is 5.91 Å². The third kappa shape index (κ3) is 4.04. The summed E-state index contributed by atoms with van der Waals surface area (Å²) in [6, 6.07) is 16.5. The zero-order valence-electron chi connectivity index (χ0n) is 15.5. The van der Waals surface area contributed by atoms with Crippen LogP contribution in [0.2, 0.25) is 10.0 Å². The molecule has 0 aliphatic heterocycles. The number of anilines is 1. The van der Waals surface area contributed by atoms with Crippen molar-refractivity contribution in [3.05, 3.63) is 82.0 Å². The largest absolute Gasteiger partial charge is 0.366 e. The van der Waals surface area contributed by atoms with Crippen LogP contribution in [-0.2, 0) is 6.54 Å². The summed E-state index contributed by atoms with van der Waals surface area (Å²) < 4.78 is 1.73. The van der Waals surface area contributed by atoms with Crippen molar-refractivity contribution < 1.29 is 4.79 Å². The second kappa shape index (κ2) is 8.11. The summed E-state index contributed by atoms with van der Waals surface area (Å²) in [7, 11) is 1.61. The average Bonchev–Trinajstić information content (AvgIpc) is 3.21. The normalized spacial score (nSPS) is 10.9. The molecular formula is C21H17Cl2N5O. The molecule has 0 aliphatic rings. The Hall–Kier alpha value is -3.09. The number of aromatic nitrogens is 3. The van der Waals surface area contributed by atoms with Gasteiger partial charge in [0.15, 0.2) is 5.65 Å². The number of carbonyl (C=O) groups is 1. The Kier molecular flexibility index (Phi) is 5.38. The molecule has 8 heteroatoms. The minimum atomic E-state index is -0.127. The van der Waals surface area contributed by atoms with Crippen molar-refractivity contribution in [1.82, 2.24) is 19.9 Å². The van der Waals surface area contributed by atoms with Gasteiger partial charge in [-0.15, -0.1) is 0 Å². The fourth-order valence-corrected chi connectivity index (χ4v) is 3.45. The van der Waals surface area contributed by atoms with Crippen molar-refractivity contribution in [1.29, 1.82) is 0 Å². The first-order valence-electron chi connectivity index (χ1n) is 8.90. The molecule has 0 saturated carbocycles. The third-order valence-corrected chi connectivity index (χ3v) is 5.09. The number of hydrogen-bond acceptors (Lipinski definition) is 4. The summed E-state index contributed by atoms with van der Waals surface area (Å²) >= 11 is 12.3. The van der Waals surface area contributed by atoms with Gasteiger partial charge in [-0.3, -0.25) is 4.79 Å². The van der Waals surface area contributed by atoms with E-state index in [0.717, 1.165) is 22.6 Å². The van der Waals surface area contributed by atoms with Gasteiger partial charge >= 0.3 is 0 Å². The minimum absolute atomic E-state index is 0.127. The number of rotatable bonds is 5. The summed E-state index contributed by atoms with van der Waals surface area (Å²) in [5.41, 5.74) is 3.89. The molecule has 2 N–H and O–H groups in total. The monoisotopic (exact) mass is 425 g/mol. The molecule has 2 aromatic carbocycles. The average molecular weight is 426 g/mol. The quantitative estimate of drug-likeness (QED) is 0.487. The molecule has 0 aliphatic carbocycles.